The number of aliphatic hydroxyl groups excluding tert-OH is 1. The molecule has 0 bridgehead atoms. The summed E-state index contributed by atoms with van der Waals surface area (Å²) in [6.45, 7) is 1.38. The molecule has 3 rings (SSSR count). The number of carbonyl (C=O) groups excluding carboxylic acids is 2. The molecule has 30 heavy (non-hydrogen) atoms. The van der Waals surface area contributed by atoms with E-state index in [2.05, 4.69) is 5.32 Å². The molecule has 0 fully saturated rings. The van der Waals surface area contributed by atoms with Crippen LogP contribution in [0.5, 0.6) is 11.5 Å². The van der Waals surface area contributed by atoms with Crippen LogP contribution in [0.25, 0.3) is 6.08 Å². The first-order valence-electron chi connectivity index (χ1n) is 9.72. The maximum atomic E-state index is 13.0. The van der Waals surface area contributed by atoms with Crippen LogP contribution in [0.4, 0.5) is 5.69 Å². The third-order valence-corrected chi connectivity index (χ3v) is 4.83. The lowest BCUT2D eigenvalue weighted by Gasteiger charge is -2.26. The molecular formula is C23H26N2O5. The maximum Gasteiger partial charge on any atom is 0.255 e. The number of rotatable bonds is 8. The van der Waals surface area contributed by atoms with Gasteiger partial charge in [-0.2, -0.15) is 0 Å². The van der Waals surface area contributed by atoms with Crippen LogP contribution >= 0.6 is 0 Å². The van der Waals surface area contributed by atoms with Gasteiger partial charge in [-0.1, -0.05) is 12.1 Å². The molecule has 1 aliphatic rings. The first kappa shape index (κ1) is 21.5. The number of anilines is 1. The van der Waals surface area contributed by atoms with Crippen LogP contribution < -0.4 is 20.5 Å². The molecular weight excluding hydrogens is 384 g/mol. The van der Waals surface area contributed by atoms with Gasteiger partial charge in [0.1, 0.15) is 23.4 Å². The SMILES string of the molecule is COc1ccc2c(c1)OC(CC(C)=O)C(C(=O)Nc1ccc(C[C@H](N)CO)cc1)=C2. The zero-order valence-electron chi connectivity index (χ0n) is 17.1. The number of carbonyl (C=O) groups is 2. The quantitative estimate of drug-likeness (QED) is 0.616. The first-order chi connectivity index (χ1) is 14.4. The maximum absolute atomic E-state index is 13.0. The number of Topliss-reactive ketones (excluding diaryl/α,β-unsaturated/α-hetero) is 1. The van der Waals surface area contributed by atoms with Gasteiger partial charge < -0.3 is 25.6 Å². The van der Waals surface area contributed by atoms with Crippen molar-refractivity contribution in [1.29, 1.82) is 0 Å². The van der Waals surface area contributed by atoms with Gasteiger partial charge in [0.05, 0.1) is 19.3 Å². The number of methoxy groups -OCH3 is 1. The van der Waals surface area contributed by atoms with Crippen molar-refractivity contribution in [3.05, 3.63) is 59.2 Å². The van der Waals surface area contributed by atoms with Crippen molar-refractivity contribution in [3.8, 4) is 11.5 Å². The van der Waals surface area contributed by atoms with Crippen molar-refractivity contribution in [2.75, 3.05) is 19.0 Å². The summed E-state index contributed by atoms with van der Waals surface area (Å²) in [7, 11) is 1.56. The van der Waals surface area contributed by atoms with Gasteiger partial charge in [-0.25, -0.2) is 0 Å². The fraction of sp³-hybridized carbons (Fsp3) is 0.304. The standard InChI is InChI=1S/C23H26N2O5/c1-14(27)9-22-20(11-16-5-8-19(29-2)12-21(16)30-22)23(28)25-18-6-3-15(4-7-18)10-17(24)13-26/h3-8,11-12,17,22,26H,9-10,13,24H2,1-2H3,(H,25,28)/t17-,22?/m0/s1. The Morgan fingerprint density at radius 3 is 2.60 bits per heavy atom. The highest BCUT2D eigenvalue weighted by atomic mass is 16.5. The minimum Gasteiger partial charge on any atom is -0.497 e. The molecule has 7 nitrogen and oxygen atoms in total. The van der Waals surface area contributed by atoms with E-state index < -0.39 is 6.10 Å². The van der Waals surface area contributed by atoms with Crippen molar-refractivity contribution in [2.24, 2.45) is 5.73 Å². The van der Waals surface area contributed by atoms with Crippen molar-refractivity contribution in [2.45, 2.75) is 31.9 Å². The molecule has 1 unspecified atom stereocenters. The van der Waals surface area contributed by atoms with Gasteiger partial charge in [-0.15, -0.1) is 0 Å². The Morgan fingerprint density at radius 2 is 1.97 bits per heavy atom. The normalized spacial score (nSPS) is 16.0. The molecule has 0 aromatic heterocycles. The summed E-state index contributed by atoms with van der Waals surface area (Å²) in [5.41, 5.74) is 8.47. The van der Waals surface area contributed by atoms with E-state index in [1.54, 1.807) is 37.5 Å². The third-order valence-electron chi connectivity index (χ3n) is 4.83. The van der Waals surface area contributed by atoms with Gasteiger partial charge in [0.2, 0.25) is 0 Å². The van der Waals surface area contributed by atoms with E-state index in [1.165, 1.54) is 6.92 Å². The molecule has 2 atom stereocenters. The second kappa shape index (κ2) is 9.56. The van der Waals surface area contributed by atoms with Crippen molar-refractivity contribution in [3.63, 3.8) is 0 Å². The topological polar surface area (TPSA) is 111 Å². The molecule has 0 saturated carbocycles. The average molecular weight is 410 g/mol. The van der Waals surface area contributed by atoms with Gasteiger partial charge in [0.25, 0.3) is 5.91 Å². The molecule has 0 aliphatic carbocycles. The summed E-state index contributed by atoms with van der Waals surface area (Å²) in [5, 5.41) is 11.9. The Kier molecular flexibility index (Phi) is 6.87. The Balaban J connectivity index is 1.80. The summed E-state index contributed by atoms with van der Waals surface area (Å²) in [6.07, 6.45) is 1.71. The van der Waals surface area contributed by atoms with Gasteiger partial charge in [0.15, 0.2) is 0 Å². The smallest absolute Gasteiger partial charge is 0.255 e. The van der Waals surface area contributed by atoms with Crippen LogP contribution in [0.15, 0.2) is 48.0 Å². The Hall–Kier alpha value is -3.16. The number of hydrogen-bond donors (Lipinski definition) is 3. The number of ether oxygens (including phenoxy) is 2. The highest BCUT2D eigenvalue weighted by Gasteiger charge is 2.29. The number of benzene rings is 2. The Morgan fingerprint density at radius 1 is 1.23 bits per heavy atom. The zero-order chi connectivity index (χ0) is 21.7. The summed E-state index contributed by atoms with van der Waals surface area (Å²) < 4.78 is 11.2. The molecule has 1 heterocycles. The lowest BCUT2D eigenvalue weighted by atomic mass is 9.97. The van der Waals surface area contributed by atoms with E-state index in [9.17, 15) is 9.59 Å². The van der Waals surface area contributed by atoms with Gasteiger partial charge >= 0.3 is 0 Å². The fourth-order valence-electron chi connectivity index (χ4n) is 3.26. The molecule has 2 aromatic rings. The molecule has 158 valence electrons. The monoisotopic (exact) mass is 410 g/mol. The highest BCUT2D eigenvalue weighted by Crippen LogP contribution is 2.34. The highest BCUT2D eigenvalue weighted by molar-refractivity contribution is 6.08. The Bertz CT molecular complexity index is 953. The summed E-state index contributed by atoms with van der Waals surface area (Å²) in [5.74, 6) is 0.802. The van der Waals surface area contributed by atoms with E-state index >= 15 is 0 Å². The second-order valence-corrected chi connectivity index (χ2v) is 7.31. The molecule has 1 amide bonds. The number of nitrogens with one attached hydrogen (secondary N) is 1. The lowest BCUT2D eigenvalue weighted by Crippen LogP contribution is -2.32. The molecule has 1 aliphatic heterocycles. The van der Waals surface area contributed by atoms with E-state index in [4.69, 9.17) is 20.3 Å². The lowest BCUT2D eigenvalue weighted by molar-refractivity contribution is -0.118. The molecule has 0 saturated heterocycles. The van der Waals surface area contributed by atoms with Gasteiger partial charge in [-0.3, -0.25) is 9.59 Å². The molecule has 0 spiro atoms. The average Bonchev–Trinajstić information content (AvgIpc) is 2.73. The van der Waals surface area contributed by atoms with E-state index in [-0.39, 0.29) is 30.8 Å². The van der Waals surface area contributed by atoms with Crippen molar-refractivity contribution < 1.29 is 24.2 Å². The van der Waals surface area contributed by atoms with Crippen LogP contribution in [0, 0.1) is 0 Å². The van der Waals surface area contributed by atoms with Gasteiger partial charge in [-0.05, 0) is 49.2 Å². The summed E-state index contributed by atoms with van der Waals surface area (Å²) >= 11 is 0. The minimum absolute atomic E-state index is 0.0744. The van der Waals surface area contributed by atoms with Crippen LogP contribution in [-0.4, -0.2) is 42.7 Å². The van der Waals surface area contributed by atoms with Crippen molar-refractivity contribution >= 4 is 23.5 Å². The minimum atomic E-state index is -0.677. The summed E-state index contributed by atoms with van der Waals surface area (Å²) in [6, 6.07) is 12.3. The predicted octanol–water partition coefficient (Wildman–Crippen LogP) is 2.32. The zero-order valence-corrected chi connectivity index (χ0v) is 17.1. The molecule has 0 radical (unpaired) electrons. The van der Waals surface area contributed by atoms with E-state index in [1.807, 2.05) is 18.2 Å². The fourth-order valence-corrected chi connectivity index (χ4v) is 3.26. The number of ketones is 1. The molecule has 2 aromatic carbocycles. The number of amides is 1. The second-order valence-electron chi connectivity index (χ2n) is 7.31. The number of hydrogen-bond acceptors (Lipinski definition) is 6. The van der Waals surface area contributed by atoms with Crippen LogP contribution in [-0.2, 0) is 16.0 Å². The number of fused-ring (bicyclic) bond motifs is 1. The predicted molar refractivity (Wildman–Crippen MR) is 115 cm³/mol. The van der Waals surface area contributed by atoms with Crippen LogP contribution in [0.1, 0.15) is 24.5 Å². The van der Waals surface area contributed by atoms with E-state index in [0.717, 1.165) is 11.1 Å². The molecule has 7 heteroatoms. The molecule has 4 N–H and O–H groups in total. The first-order valence-corrected chi connectivity index (χ1v) is 9.72. The van der Waals surface area contributed by atoms with Gasteiger partial charge in [0, 0.05) is 29.8 Å². The summed E-state index contributed by atoms with van der Waals surface area (Å²) in [4.78, 5) is 24.7. The Labute approximate surface area is 175 Å². The van der Waals surface area contributed by atoms with Crippen LogP contribution in [0.3, 0.4) is 0 Å². The third kappa shape index (κ3) is 5.25. The van der Waals surface area contributed by atoms with E-state index in [0.29, 0.717) is 29.2 Å². The van der Waals surface area contributed by atoms with Crippen LogP contribution in [0.2, 0.25) is 0 Å². The largest absolute Gasteiger partial charge is 0.497 e. The van der Waals surface area contributed by atoms with Crippen molar-refractivity contribution in [1.82, 2.24) is 0 Å². The number of nitrogens with two attached hydrogens (primary N) is 1. The number of aliphatic hydroxyl groups is 1.